The van der Waals surface area contributed by atoms with Crippen molar-refractivity contribution >= 4 is 11.8 Å². The first-order valence-electron chi connectivity index (χ1n) is 7.02. The molecule has 0 radical (unpaired) electrons. The molecule has 0 N–H and O–H groups in total. The zero-order valence-corrected chi connectivity index (χ0v) is 12.9. The quantitative estimate of drug-likeness (QED) is 0.442. The highest BCUT2D eigenvalue weighted by molar-refractivity contribution is 6.08. The fourth-order valence-corrected chi connectivity index (χ4v) is 3.53. The molecule has 0 saturated heterocycles. The standard InChI is InChI=1S/C17H22O3/c1-7-15(2,3)20-13(18)10-11-12-8-9-17(6,14(11)19)16(12,4)5/h1,10,12H,8-9H2,2-6H3/t12-,17-/m0/s1. The molecule has 0 heterocycles. The number of esters is 1. The molecule has 0 spiro atoms. The number of Topliss-reactive ketones (excluding diaryl/α,β-unsaturated/α-hetero) is 1. The van der Waals surface area contributed by atoms with E-state index in [2.05, 4.69) is 19.8 Å². The van der Waals surface area contributed by atoms with Crippen LogP contribution in [0.3, 0.4) is 0 Å². The summed E-state index contributed by atoms with van der Waals surface area (Å²) in [4.78, 5) is 24.5. The highest BCUT2D eigenvalue weighted by Crippen LogP contribution is 2.65. The lowest BCUT2D eigenvalue weighted by atomic mass is 9.70. The normalized spacial score (nSPS) is 33.3. The summed E-state index contributed by atoms with van der Waals surface area (Å²) in [7, 11) is 0. The SMILES string of the molecule is C#CC(C)(C)OC(=O)C=C1C(=O)[C@]2(C)CC[C@@H]1C2(C)C. The van der Waals surface area contributed by atoms with Gasteiger partial charge >= 0.3 is 5.97 Å². The molecule has 0 aromatic heterocycles. The van der Waals surface area contributed by atoms with Gasteiger partial charge in [-0.3, -0.25) is 4.79 Å². The van der Waals surface area contributed by atoms with Gasteiger partial charge in [-0.2, -0.15) is 0 Å². The van der Waals surface area contributed by atoms with E-state index in [-0.39, 0.29) is 22.5 Å². The first-order valence-corrected chi connectivity index (χ1v) is 7.02. The zero-order valence-electron chi connectivity index (χ0n) is 12.9. The van der Waals surface area contributed by atoms with Gasteiger partial charge in [0.05, 0.1) is 0 Å². The Balaban J connectivity index is 2.28. The highest BCUT2D eigenvalue weighted by atomic mass is 16.6. The summed E-state index contributed by atoms with van der Waals surface area (Å²) in [6.07, 6.45) is 8.51. The molecule has 2 aliphatic carbocycles. The van der Waals surface area contributed by atoms with E-state index in [1.165, 1.54) is 6.08 Å². The Morgan fingerprint density at radius 2 is 2.05 bits per heavy atom. The highest BCUT2D eigenvalue weighted by Gasteiger charge is 2.64. The molecule has 0 unspecified atom stereocenters. The van der Waals surface area contributed by atoms with Crippen molar-refractivity contribution in [2.45, 2.75) is 53.1 Å². The average molecular weight is 274 g/mol. The Morgan fingerprint density at radius 3 is 2.50 bits per heavy atom. The van der Waals surface area contributed by atoms with Gasteiger partial charge in [0.2, 0.25) is 0 Å². The molecule has 20 heavy (non-hydrogen) atoms. The Morgan fingerprint density at radius 1 is 1.45 bits per heavy atom. The lowest BCUT2D eigenvalue weighted by Crippen LogP contribution is -2.32. The lowest BCUT2D eigenvalue weighted by Gasteiger charge is -2.31. The Kier molecular flexibility index (Phi) is 3.13. The number of ether oxygens (including phenoxy) is 1. The number of rotatable bonds is 2. The van der Waals surface area contributed by atoms with Crippen molar-refractivity contribution in [3.8, 4) is 12.3 Å². The van der Waals surface area contributed by atoms with Crippen LogP contribution < -0.4 is 0 Å². The van der Waals surface area contributed by atoms with Crippen LogP contribution in [0.25, 0.3) is 0 Å². The van der Waals surface area contributed by atoms with Crippen molar-refractivity contribution in [2.24, 2.45) is 16.7 Å². The molecule has 2 fully saturated rings. The summed E-state index contributed by atoms with van der Waals surface area (Å²) in [5.41, 5.74) is -0.793. The van der Waals surface area contributed by atoms with Gasteiger partial charge in [0.15, 0.2) is 11.4 Å². The van der Waals surface area contributed by atoms with Gasteiger partial charge < -0.3 is 4.74 Å². The van der Waals surface area contributed by atoms with E-state index in [0.717, 1.165) is 12.8 Å². The van der Waals surface area contributed by atoms with Crippen molar-refractivity contribution in [3.05, 3.63) is 11.6 Å². The summed E-state index contributed by atoms with van der Waals surface area (Å²) < 4.78 is 5.20. The predicted molar refractivity (Wildman–Crippen MR) is 76.7 cm³/mol. The van der Waals surface area contributed by atoms with E-state index >= 15 is 0 Å². The molecule has 0 aromatic carbocycles. The summed E-state index contributed by atoms with van der Waals surface area (Å²) in [6, 6.07) is 0. The van der Waals surface area contributed by atoms with Gasteiger partial charge in [0.25, 0.3) is 0 Å². The molecule has 0 aliphatic heterocycles. The minimum absolute atomic E-state index is 0.0919. The van der Waals surface area contributed by atoms with E-state index in [9.17, 15) is 9.59 Å². The van der Waals surface area contributed by atoms with Gasteiger partial charge in [-0.15, -0.1) is 6.42 Å². The molecule has 2 rings (SSSR count). The van der Waals surface area contributed by atoms with Crippen molar-refractivity contribution < 1.29 is 14.3 Å². The number of hydrogen-bond acceptors (Lipinski definition) is 3. The topological polar surface area (TPSA) is 43.4 Å². The summed E-state index contributed by atoms with van der Waals surface area (Å²) in [6.45, 7) is 9.53. The predicted octanol–water partition coefficient (Wildman–Crippen LogP) is 2.89. The van der Waals surface area contributed by atoms with Crippen LogP contribution in [0.4, 0.5) is 0 Å². The van der Waals surface area contributed by atoms with Crippen LogP contribution in [-0.2, 0) is 14.3 Å². The van der Waals surface area contributed by atoms with Gasteiger partial charge in [-0.1, -0.05) is 26.7 Å². The smallest absolute Gasteiger partial charge is 0.332 e. The number of carbonyl (C=O) groups is 2. The van der Waals surface area contributed by atoms with E-state index < -0.39 is 11.6 Å². The average Bonchev–Trinajstić information content (AvgIpc) is 2.63. The Hall–Kier alpha value is -1.56. The Labute approximate surface area is 120 Å². The molecule has 108 valence electrons. The van der Waals surface area contributed by atoms with Crippen LogP contribution >= 0.6 is 0 Å². The number of fused-ring (bicyclic) bond motifs is 2. The third-order valence-corrected chi connectivity index (χ3v) is 5.34. The van der Waals surface area contributed by atoms with E-state index in [1.807, 2.05) is 6.92 Å². The minimum Gasteiger partial charge on any atom is -0.443 e. The molecule has 2 aliphatic rings. The molecule has 2 saturated carbocycles. The number of allylic oxidation sites excluding steroid dienone is 1. The van der Waals surface area contributed by atoms with E-state index in [1.54, 1.807) is 13.8 Å². The second kappa shape index (κ2) is 4.22. The molecular formula is C17H22O3. The maximum absolute atomic E-state index is 12.6. The maximum Gasteiger partial charge on any atom is 0.332 e. The molecule has 0 aromatic rings. The number of carbonyl (C=O) groups excluding carboxylic acids is 2. The van der Waals surface area contributed by atoms with Crippen LogP contribution in [0.2, 0.25) is 0 Å². The zero-order chi connectivity index (χ0) is 15.3. The van der Waals surface area contributed by atoms with Crippen LogP contribution in [0.15, 0.2) is 11.6 Å². The number of terminal acetylenes is 1. The van der Waals surface area contributed by atoms with Crippen LogP contribution in [-0.4, -0.2) is 17.4 Å². The molecule has 2 bridgehead atoms. The van der Waals surface area contributed by atoms with E-state index in [0.29, 0.717) is 5.57 Å². The van der Waals surface area contributed by atoms with Gasteiger partial charge in [0, 0.05) is 17.1 Å². The summed E-state index contributed by atoms with van der Waals surface area (Å²) in [5, 5.41) is 0. The van der Waals surface area contributed by atoms with Crippen LogP contribution in [0.5, 0.6) is 0 Å². The largest absolute Gasteiger partial charge is 0.443 e. The first-order chi connectivity index (χ1) is 9.05. The molecule has 2 atom stereocenters. The van der Waals surface area contributed by atoms with Crippen molar-refractivity contribution in [1.82, 2.24) is 0 Å². The fraction of sp³-hybridized carbons (Fsp3) is 0.647. The summed E-state index contributed by atoms with van der Waals surface area (Å²) >= 11 is 0. The van der Waals surface area contributed by atoms with E-state index in [4.69, 9.17) is 11.2 Å². The van der Waals surface area contributed by atoms with Gasteiger partial charge in [-0.05, 0) is 38.0 Å². The second-order valence-corrected chi connectivity index (χ2v) is 7.15. The Bertz CT molecular complexity index is 545. The minimum atomic E-state index is -0.950. The molecule has 0 amide bonds. The van der Waals surface area contributed by atoms with Gasteiger partial charge in [0.1, 0.15) is 0 Å². The van der Waals surface area contributed by atoms with Crippen LogP contribution in [0, 0.1) is 29.1 Å². The third-order valence-electron chi connectivity index (χ3n) is 5.34. The van der Waals surface area contributed by atoms with Crippen molar-refractivity contribution in [3.63, 3.8) is 0 Å². The lowest BCUT2D eigenvalue weighted by molar-refractivity contribution is -0.145. The van der Waals surface area contributed by atoms with Crippen molar-refractivity contribution in [2.75, 3.05) is 0 Å². The fourth-order valence-electron chi connectivity index (χ4n) is 3.53. The molecule has 3 nitrogen and oxygen atoms in total. The first kappa shape index (κ1) is 14.8. The van der Waals surface area contributed by atoms with Crippen LogP contribution in [0.1, 0.15) is 47.5 Å². The third kappa shape index (κ3) is 1.90. The maximum atomic E-state index is 12.6. The number of ketones is 1. The van der Waals surface area contributed by atoms with Crippen molar-refractivity contribution in [1.29, 1.82) is 0 Å². The number of hydrogen-bond donors (Lipinski definition) is 0. The van der Waals surface area contributed by atoms with Gasteiger partial charge in [-0.25, -0.2) is 4.79 Å². The molecule has 3 heteroatoms. The second-order valence-electron chi connectivity index (χ2n) is 7.15. The molecular weight excluding hydrogens is 252 g/mol. The monoisotopic (exact) mass is 274 g/mol. The summed E-state index contributed by atoms with van der Waals surface area (Å²) in [5.74, 6) is 2.12.